The van der Waals surface area contributed by atoms with Crippen LogP contribution < -0.4 is 5.73 Å². The molecule has 0 aliphatic heterocycles. The minimum atomic E-state index is -0.161. The Morgan fingerprint density at radius 1 is 1.18 bits per heavy atom. The molecule has 1 aromatic rings. The highest BCUT2D eigenvalue weighted by molar-refractivity contribution is 5.76. The van der Waals surface area contributed by atoms with E-state index in [0.29, 0.717) is 6.61 Å². The van der Waals surface area contributed by atoms with E-state index in [0.717, 1.165) is 25.7 Å². The highest BCUT2D eigenvalue weighted by Gasteiger charge is 2.24. The number of ether oxygens (including phenoxy) is 1. The van der Waals surface area contributed by atoms with E-state index in [1.54, 1.807) is 0 Å². The first-order valence-electron chi connectivity index (χ1n) is 6.20. The molecule has 1 amide bonds. The van der Waals surface area contributed by atoms with Crippen molar-refractivity contribution in [3.05, 3.63) is 35.9 Å². The highest BCUT2D eigenvalue weighted by atomic mass is 16.5. The molecule has 1 aromatic carbocycles. The molecule has 0 saturated heterocycles. The van der Waals surface area contributed by atoms with Crippen LogP contribution in [0.1, 0.15) is 31.2 Å². The van der Waals surface area contributed by atoms with Gasteiger partial charge in [-0.15, -0.1) is 0 Å². The van der Waals surface area contributed by atoms with Crippen LogP contribution in [0, 0.1) is 5.92 Å². The minimum Gasteiger partial charge on any atom is -0.374 e. The third kappa shape index (κ3) is 3.56. The van der Waals surface area contributed by atoms with Crippen LogP contribution in [0.15, 0.2) is 30.3 Å². The monoisotopic (exact) mass is 233 g/mol. The maximum Gasteiger partial charge on any atom is 0.220 e. The number of hydrogen-bond donors (Lipinski definition) is 1. The van der Waals surface area contributed by atoms with Crippen molar-refractivity contribution in [3.63, 3.8) is 0 Å². The van der Waals surface area contributed by atoms with Crippen LogP contribution in [0.4, 0.5) is 0 Å². The van der Waals surface area contributed by atoms with E-state index in [1.165, 1.54) is 5.56 Å². The van der Waals surface area contributed by atoms with Gasteiger partial charge in [-0.25, -0.2) is 0 Å². The Morgan fingerprint density at radius 2 is 1.82 bits per heavy atom. The molecule has 2 N–H and O–H groups in total. The zero-order valence-electron chi connectivity index (χ0n) is 9.97. The second-order valence-corrected chi connectivity index (χ2v) is 4.67. The summed E-state index contributed by atoms with van der Waals surface area (Å²) in [5, 5.41) is 0. The summed E-state index contributed by atoms with van der Waals surface area (Å²) in [5.74, 6) is -0.0990. The van der Waals surface area contributed by atoms with E-state index < -0.39 is 0 Å². The zero-order valence-corrected chi connectivity index (χ0v) is 9.97. The number of nitrogens with two attached hydrogens (primary N) is 1. The fraction of sp³-hybridized carbons (Fsp3) is 0.500. The molecule has 1 aliphatic rings. The molecule has 1 saturated carbocycles. The van der Waals surface area contributed by atoms with Gasteiger partial charge in [-0.05, 0) is 31.2 Å². The largest absolute Gasteiger partial charge is 0.374 e. The molecule has 1 aliphatic carbocycles. The first kappa shape index (κ1) is 12.1. The van der Waals surface area contributed by atoms with E-state index in [4.69, 9.17) is 10.5 Å². The smallest absolute Gasteiger partial charge is 0.220 e. The van der Waals surface area contributed by atoms with Gasteiger partial charge in [-0.1, -0.05) is 30.3 Å². The summed E-state index contributed by atoms with van der Waals surface area (Å²) in [6.07, 6.45) is 3.91. The van der Waals surface area contributed by atoms with Crippen molar-refractivity contribution in [2.24, 2.45) is 11.7 Å². The van der Waals surface area contributed by atoms with Crippen LogP contribution in [-0.4, -0.2) is 12.0 Å². The van der Waals surface area contributed by atoms with Gasteiger partial charge >= 0.3 is 0 Å². The van der Waals surface area contributed by atoms with E-state index in [-0.39, 0.29) is 17.9 Å². The Hall–Kier alpha value is -1.35. The summed E-state index contributed by atoms with van der Waals surface area (Å²) in [4.78, 5) is 11.0. The summed E-state index contributed by atoms with van der Waals surface area (Å²) in [5.41, 5.74) is 6.50. The normalized spacial score (nSPS) is 24.5. The lowest BCUT2D eigenvalue weighted by molar-refractivity contribution is -0.123. The third-order valence-electron chi connectivity index (χ3n) is 3.41. The molecule has 92 valence electrons. The number of rotatable bonds is 4. The van der Waals surface area contributed by atoms with Crippen LogP contribution >= 0.6 is 0 Å². The second-order valence-electron chi connectivity index (χ2n) is 4.67. The number of benzene rings is 1. The topological polar surface area (TPSA) is 52.3 Å². The number of carbonyl (C=O) groups excluding carboxylic acids is 1. The summed E-state index contributed by atoms with van der Waals surface area (Å²) in [6, 6.07) is 10.2. The Kier molecular flexibility index (Phi) is 4.15. The second kappa shape index (κ2) is 5.82. The number of hydrogen-bond acceptors (Lipinski definition) is 2. The highest BCUT2D eigenvalue weighted by Crippen LogP contribution is 2.26. The van der Waals surface area contributed by atoms with Gasteiger partial charge in [0.1, 0.15) is 0 Å². The van der Waals surface area contributed by atoms with E-state index in [1.807, 2.05) is 18.2 Å². The molecule has 3 nitrogen and oxygen atoms in total. The zero-order chi connectivity index (χ0) is 12.1. The number of amides is 1. The summed E-state index contributed by atoms with van der Waals surface area (Å²) in [7, 11) is 0. The van der Waals surface area contributed by atoms with Gasteiger partial charge in [0.15, 0.2) is 0 Å². The summed E-state index contributed by atoms with van der Waals surface area (Å²) in [6.45, 7) is 0.659. The molecule has 17 heavy (non-hydrogen) atoms. The van der Waals surface area contributed by atoms with Crippen molar-refractivity contribution in [3.8, 4) is 0 Å². The van der Waals surface area contributed by atoms with E-state index in [9.17, 15) is 4.79 Å². The van der Waals surface area contributed by atoms with Gasteiger partial charge in [-0.2, -0.15) is 0 Å². The van der Waals surface area contributed by atoms with Gasteiger partial charge < -0.3 is 10.5 Å². The van der Waals surface area contributed by atoms with Crippen molar-refractivity contribution in [1.29, 1.82) is 0 Å². The SMILES string of the molecule is NC(=O)C1CCC(OCc2ccccc2)CC1. The predicted molar refractivity (Wildman–Crippen MR) is 66.2 cm³/mol. The average Bonchev–Trinajstić information content (AvgIpc) is 2.38. The van der Waals surface area contributed by atoms with Crippen LogP contribution in [-0.2, 0) is 16.1 Å². The van der Waals surface area contributed by atoms with E-state index >= 15 is 0 Å². The predicted octanol–water partition coefficient (Wildman–Crippen LogP) is 2.25. The Morgan fingerprint density at radius 3 is 2.41 bits per heavy atom. The average molecular weight is 233 g/mol. The summed E-state index contributed by atoms with van der Waals surface area (Å²) >= 11 is 0. The Balaban J connectivity index is 1.74. The maximum atomic E-state index is 11.0. The van der Waals surface area contributed by atoms with Crippen molar-refractivity contribution in [1.82, 2.24) is 0 Å². The van der Waals surface area contributed by atoms with E-state index in [2.05, 4.69) is 12.1 Å². The molecular weight excluding hydrogens is 214 g/mol. The molecular formula is C14H19NO2. The molecule has 0 heterocycles. The molecule has 0 unspecified atom stereocenters. The molecule has 0 spiro atoms. The minimum absolute atomic E-state index is 0.0616. The fourth-order valence-corrected chi connectivity index (χ4v) is 2.30. The molecule has 3 heteroatoms. The van der Waals surface area contributed by atoms with Gasteiger partial charge in [0.2, 0.25) is 5.91 Å². The molecule has 0 bridgehead atoms. The molecule has 1 fully saturated rings. The lowest BCUT2D eigenvalue weighted by Crippen LogP contribution is -2.30. The van der Waals surface area contributed by atoms with Crippen LogP contribution in [0.3, 0.4) is 0 Å². The maximum absolute atomic E-state index is 11.0. The third-order valence-corrected chi connectivity index (χ3v) is 3.41. The van der Waals surface area contributed by atoms with Gasteiger partial charge in [0.05, 0.1) is 12.7 Å². The number of carbonyl (C=O) groups is 1. The molecule has 0 atom stereocenters. The Bertz CT molecular complexity index is 356. The standard InChI is InChI=1S/C14H19NO2/c15-14(16)12-6-8-13(9-7-12)17-10-11-4-2-1-3-5-11/h1-5,12-13H,6-10H2,(H2,15,16). The Labute approximate surface area is 102 Å². The van der Waals surface area contributed by atoms with Crippen molar-refractivity contribution in [2.45, 2.75) is 38.4 Å². The lowest BCUT2D eigenvalue weighted by Gasteiger charge is -2.26. The molecule has 2 rings (SSSR count). The lowest BCUT2D eigenvalue weighted by atomic mass is 9.87. The van der Waals surface area contributed by atoms with Crippen LogP contribution in [0.25, 0.3) is 0 Å². The van der Waals surface area contributed by atoms with Gasteiger partial charge in [-0.3, -0.25) is 4.79 Å². The van der Waals surface area contributed by atoms with Crippen LogP contribution in [0.2, 0.25) is 0 Å². The van der Waals surface area contributed by atoms with Gasteiger partial charge in [0.25, 0.3) is 0 Å². The first-order chi connectivity index (χ1) is 8.25. The quantitative estimate of drug-likeness (QED) is 0.867. The molecule has 0 radical (unpaired) electrons. The first-order valence-corrected chi connectivity index (χ1v) is 6.20. The van der Waals surface area contributed by atoms with Gasteiger partial charge in [0, 0.05) is 5.92 Å². The van der Waals surface area contributed by atoms with Crippen LogP contribution in [0.5, 0.6) is 0 Å². The van der Waals surface area contributed by atoms with Crippen molar-refractivity contribution in [2.75, 3.05) is 0 Å². The fourth-order valence-electron chi connectivity index (χ4n) is 2.30. The van der Waals surface area contributed by atoms with Crippen molar-refractivity contribution < 1.29 is 9.53 Å². The number of primary amides is 1. The summed E-state index contributed by atoms with van der Waals surface area (Å²) < 4.78 is 5.84. The molecule has 0 aromatic heterocycles. The van der Waals surface area contributed by atoms with Crippen molar-refractivity contribution >= 4 is 5.91 Å².